The summed E-state index contributed by atoms with van der Waals surface area (Å²) in [5.41, 5.74) is -0.512. The number of ether oxygens (including phenoxy) is 1. The van der Waals surface area contributed by atoms with Gasteiger partial charge in [0.15, 0.2) is 0 Å². The number of carbonyl (C=O) groups is 1. The molecule has 0 bridgehead atoms. The predicted molar refractivity (Wildman–Crippen MR) is 107 cm³/mol. The van der Waals surface area contributed by atoms with E-state index in [1.54, 1.807) is 4.57 Å². The van der Waals surface area contributed by atoms with Crippen LogP contribution in [0.1, 0.15) is 35.7 Å². The van der Waals surface area contributed by atoms with Gasteiger partial charge in [-0.05, 0) is 25.3 Å². The maximum absolute atomic E-state index is 14.9. The van der Waals surface area contributed by atoms with Gasteiger partial charge in [0.25, 0.3) is 0 Å². The van der Waals surface area contributed by atoms with Crippen molar-refractivity contribution >= 4 is 34.2 Å². The summed E-state index contributed by atoms with van der Waals surface area (Å²) in [5, 5.41) is 12.7. The minimum absolute atomic E-state index is 0.00350. The molecular formula is C20H21ClFN3O4. The minimum atomic E-state index is -1.32. The van der Waals surface area contributed by atoms with Crippen LogP contribution in [-0.4, -0.2) is 58.9 Å². The van der Waals surface area contributed by atoms with Crippen LogP contribution in [0.3, 0.4) is 0 Å². The van der Waals surface area contributed by atoms with E-state index in [4.69, 9.17) is 16.3 Å². The molecule has 2 aliphatic heterocycles. The first kappa shape index (κ1) is 18.8. The zero-order chi connectivity index (χ0) is 20.3. The van der Waals surface area contributed by atoms with Crippen LogP contribution in [0.25, 0.3) is 10.9 Å². The number of nitrogens with zero attached hydrogens (tertiary/aromatic N) is 2. The number of fused-ring (bicyclic) bond motifs is 1. The van der Waals surface area contributed by atoms with Crippen LogP contribution in [-0.2, 0) is 4.74 Å². The van der Waals surface area contributed by atoms with Gasteiger partial charge in [-0.25, -0.2) is 9.18 Å². The van der Waals surface area contributed by atoms with Crippen molar-refractivity contribution in [1.82, 2.24) is 9.47 Å². The number of carboxylic acid groups (broad SMARTS) is 1. The number of hydrogen-bond donors (Lipinski definition) is 2. The lowest BCUT2D eigenvalue weighted by Crippen LogP contribution is -2.29. The van der Waals surface area contributed by atoms with Crippen molar-refractivity contribution in [2.24, 2.45) is 0 Å². The van der Waals surface area contributed by atoms with Crippen LogP contribution < -0.4 is 10.7 Å². The summed E-state index contributed by atoms with van der Waals surface area (Å²) in [5.74, 6) is -1.97. The molecule has 0 spiro atoms. The first-order valence-electron chi connectivity index (χ1n) is 9.83. The number of epoxide rings is 1. The molecule has 0 radical (unpaired) electrons. The smallest absolute Gasteiger partial charge is 0.341 e. The van der Waals surface area contributed by atoms with Crippen LogP contribution in [0.2, 0.25) is 5.02 Å². The number of carboxylic acids is 1. The van der Waals surface area contributed by atoms with Gasteiger partial charge in [0.2, 0.25) is 5.43 Å². The van der Waals surface area contributed by atoms with E-state index in [0.717, 1.165) is 51.6 Å². The number of aromatic carboxylic acids is 1. The van der Waals surface area contributed by atoms with Crippen molar-refractivity contribution < 1.29 is 19.0 Å². The molecule has 2 N–H and O–H groups in total. The number of anilines is 1. The van der Waals surface area contributed by atoms with E-state index in [1.807, 2.05) is 0 Å². The van der Waals surface area contributed by atoms with E-state index in [9.17, 15) is 19.1 Å². The second-order valence-corrected chi connectivity index (χ2v) is 8.48. The topological polar surface area (TPSA) is 87.1 Å². The van der Waals surface area contributed by atoms with E-state index < -0.39 is 17.2 Å². The molecule has 5 rings (SSSR count). The molecule has 2 atom stereocenters. The molecule has 29 heavy (non-hydrogen) atoms. The van der Waals surface area contributed by atoms with Crippen molar-refractivity contribution in [3.05, 3.63) is 38.9 Å². The third-order valence-corrected chi connectivity index (χ3v) is 6.23. The van der Waals surface area contributed by atoms with E-state index >= 15 is 0 Å². The summed E-state index contributed by atoms with van der Waals surface area (Å²) in [6.45, 7) is 3.35. The van der Waals surface area contributed by atoms with Crippen molar-refractivity contribution in [2.75, 3.05) is 31.6 Å². The van der Waals surface area contributed by atoms with Crippen molar-refractivity contribution in [3.63, 3.8) is 0 Å². The molecule has 1 aliphatic carbocycles. The molecule has 3 fully saturated rings. The zero-order valence-electron chi connectivity index (χ0n) is 15.7. The lowest BCUT2D eigenvalue weighted by molar-refractivity contribution is 0.0695. The third kappa shape index (κ3) is 3.49. The summed E-state index contributed by atoms with van der Waals surface area (Å²) < 4.78 is 21.9. The van der Waals surface area contributed by atoms with Gasteiger partial charge in [-0.2, -0.15) is 0 Å². The SMILES string of the molecule is O=C(O)c1cn(C2CC2)c2c(Cl)c(NC3CCN(CC4CO4)C3)c(F)cc2c1=O. The van der Waals surface area contributed by atoms with E-state index in [-0.39, 0.29) is 33.7 Å². The average molecular weight is 422 g/mol. The number of nitrogens with one attached hydrogen (secondary N) is 1. The second kappa shape index (κ2) is 6.97. The lowest BCUT2D eigenvalue weighted by atomic mass is 10.1. The summed E-state index contributed by atoms with van der Waals surface area (Å²) in [6, 6.07) is 1.23. The molecule has 2 unspecified atom stereocenters. The molecule has 3 heterocycles. The highest BCUT2D eigenvalue weighted by molar-refractivity contribution is 6.38. The Hall–Kier alpha value is -2.16. The maximum Gasteiger partial charge on any atom is 0.341 e. The van der Waals surface area contributed by atoms with Crippen molar-refractivity contribution in [2.45, 2.75) is 37.5 Å². The Kier molecular flexibility index (Phi) is 4.53. The highest BCUT2D eigenvalue weighted by atomic mass is 35.5. The van der Waals surface area contributed by atoms with Crippen LogP contribution >= 0.6 is 11.6 Å². The minimum Gasteiger partial charge on any atom is -0.477 e. The molecule has 154 valence electrons. The summed E-state index contributed by atoms with van der Waals surface area (Å²) in [4.78, 5) is 26.4. The number of rotatable bonds is 6. The predicted octanol–water partition coefficient (Wildman–Crippen LogP) is 2.71. The van der Waals surface area contributed by atoms with Crippen molar-refractivity contribution in [1.29, 1.82) is 0 Å². The normalized spacial score (nSPS) is 24.2. The number of benzene rings is 1. The Bertz CT molecular complexity index is 1060. The number of hydrogen-bond acceptors (Lipinski definition) is 5. The zero-order valence-corrected chi connectivity index (χ0v) is 16.4. The van der Waals surface area contributed by atoms with Gasteiger partial charge in [-0.15, -0.1) is 0 Å². The monoisotopic (exact) mass is 421 g/mol. The van der Waals surface area contributed by atoms with Crippen LogP contribution in [0.15, 0.2) is 17.1 Å². The Balaban J connectivity index is 1.53. The second-order valence-electron chi connectivity index (χ2n) is 8.10. The van der Waals surface area contributed by atoms with Crippen LogP contribution in [0.5, 0.6) is 0 Å². The van der Waals surface area contributed by atoms with Gasteiger partial charge in [0.05, 0.1) is 34.3 Å². The number of halogens is 2. The molecule has 1 aromatic carbocycles. The average Bonchev–Trinajstić information content (AvgIpc) is 3.59. The molecule has 3 aliphatic rings. The Morgan fingerprint density at radius 1 is 1.38 bits per heavy atom. The summed E-state index contributed by atoms with van der Waals surface area (Å²) in [7, 11) is 0. The lowest BCUT2D eigenvalue weighted by Gasteiger charge is -2.20. The third-order valence-electron chi connectivity index (χ3n) is 5.86. The largest absolute Gasteiger partial charge is 0.477 e. The van der Waals surface area contributed by atoms with Gasteiger partial charge in [-0.3, -0.25) is 9.69 Å². The first-order valence-corrected chi connectivity index (χ1v) is 10.2. The summed E-state index contributed by atoms with van der Waals surface area (Å²) >= 11 is 6.59. The van der Waals surface area contributed by atoms with Gasteiger partial charge >= 0.3 is 5.97 Å². The maximum atomic E-state index is 14.9. The molecule has 9 heteroatoms. The number of likely N-dealkylation sites (tertiary alicyclic amines) is 1. The molecule has 1 saturated carbocycles. The molecular weight excluding hydrogens is 401 g/mol. The van der Waals surface area contributed by atoms with E-state index in [2.05, 4.69) is 10.2 Å². The van der Waals surface area contributed by atoms with Gasteiger partial charge in [0, 0.05) is 37.9 Å². The van der Waals surface area contributed by atoms with Crippen LogP contribution in [0.4, 0.5) is 10.1 Å². The molecule has 2 saturated heterocycles. The van der Waals surface area contributed by atoms with E-state index in [1.165, 1.54) is 6.20 Å². The standard InChI is InChI=1S/C20H21ClFN3O4/c21-16-17(23-10-3-4-24(6-10)7-12-9-29-12)15(22)5-13-18(16)25(11-1-2-11)8-14(19(13)26)20(27)28/h5,8,10-12,23H,1-4,6-7,9H2,(H,27,28). The number of aromatic nitrogens is 1. The van der Waals surface area contributed by atoms with Crippen molar-refractivity contribution in [3.8, 4) is 0 Å². The fourth-order valence-electron chi connectivity index (χ4n) is 4.15. The number of pyridine rings is 1. The molecule has 0 amide bonds. The fourth-order valence-corrected chi connectivity index (χ4v) is 4.49. The highest BCUT2D eigenvalue weighted by Crippen LogP contribution is 2.41. The Morgan fingerprint density at radius 2 is 2.14 bits per heavy atom. The molecule has 7 nitrogen and oxygen atoms in total. The van der Waals surface area contributed by atoms with Gasteiger partial charge in [-0.1, -0.05) is 11.6 Å². The van der Waals surface area contributed by atoms with Gasteiger partial charge < -0.3 is 19.7 Å². The van der Waals surface area contributed by atoms with E-state index in [0.29, 0.717) is 11.6 Å². The highest BCUT2D eigenvalue weighted by Gasteiger charge is 2.32. The quantitative estimate of drug-likeness (QED) is 0.697. The molecule has 2 aromatic rings. The first-order chi connectivity index (χ1) is 13.9. The van der Waals surface area contributed by atoms with Gasteiger partial charge in [0.1, 0.15) is 11.4 Å². The van der Waals surface area contributed by atoms with Crippen LogP contribution in [0, 0.1) is 5.82 Å². The molecule has 1 aromatic heterocycles. The fraction of sp³-hybridized carbons (Fsp3) is 0.500. The Morgan fingerprint density at radius 3 is 2.79 bits per heavy atom. The summed E-state index contributed by atoms with van der Waals surface area (Å²) in [6.07, 6.45) is 4.24. The Labute approximate surface area is 171 Å².